The van der Waals surface area contributed by atoms with Gasteiger partial charge in [0.15, 0.2) is 0 Å². The minimum atomic E-state index is 0.603. The van der Waals surface area contributed by atoms with Crippen LogP contribution in [0.3, 0.4) is 0 Å². The SMILES string of the molecule is COc1ccc(OC)c(CC2CCN2)c1. The molecule has 1 heterocycles. The highest BCUT2D eigenvalue weighted by molar-refractivity contribution is 5.40. The smallest absolute Gasteiger partial charge is 0.122 e. The predicted molar refractivity (Wildman–Crippen MR) is 59.7 cm³/mol. The van der Waals surface area contributed by atoms with Crippen LogP contribution in [0.15, 0.2) is 18.2 Å². The van der Waals surface area contributed by atoms with Gasteiger partial charge in [0.25, 0.3) is 0 Å². The minimum absolute atomic E-state index is 0.603. The van der Waals surface area contributed by atoms with Gasteiger partial charge in [0.2, 0.25) is 0 Å². The van der Waals surface area contributed by atoms with Crippen molar-refractivity contribution in [3.63, 3.8) is 0 Å². The number of hydrogen-bond donors (Lipinski definition) is 1. The lowest BCUT2D eigenvalue weighted by Gasteiger charge is -2.28. The van der Waals surface area contributed by atoms with Gasteiger partial charge in [-0.1, -0.05) is 0 Å². The van der Waals surface area contributed by atoms with Crippen molar-refractivity contribution in [3.05, 3.63) is 23.8 Å². The van der Waals surface area contributed by atoms with Gasteiger partial charge in [-0.15, -0.1) is 0 Å². The van der Waals surface area contributed by atoms with Gasteiger partial charge in [-0.3, -0.25) is 0 Å². The van der Waals surface area contributed by atoms with Gasteiger partial charge < -0.3 is 14.8 Å². The first-order chi connectivity index (χ1) is 7.33. The second-order valence-electron chi connectivity index (χ2n) is 3.82. The number of nitrogens with one attached hydrogen (secondary N) is 1. The number of ether oxygens (including phenoxy) is 2. The van der Waals surface area contributed by atoms with Crippen LogP contribution in [-0.4, -0.2) is 26.8 Å². The van der Waals surface area contributed by atoms with E-state index in [0.29, 0.717) is 6.04 Å². The molecule has 0 aromatic heterocycles. The van der Waals surface area contributed by atoms with Crippen LogP contribution >= 0.6 is 0 Å². The Morgan fingerprint density at radius 3 is 2.67 bits per heavy atom. The summed E-state index contributed by atoms with van der Waals surface area (Å²) in [5.41, 5.74) is 1.22. The lowest BCUT2D eigenvalue weighted by atomic mass is 9.97. The summed E-state index contributed by atoms with van der Waals surface area (Å²) < 4.78 is 10.5. The molecule has 1 aliphatic heterocycles. The molecule has 3 heteroatoms. The van der Waals surface area contributed by atoms with Gasteiger partial charge in [0.05, 0.1) is 14.2 Å². The highest BCUT2D eigenvalue weighted by atomic mass is 16.5. The van der Waals surface area contributed by atoms with Crippen molar-refractivity contribution in [3.8, 4) is 11.5 Å². The van der Waals surface area contributed by atoms with Crippen molar-refractivity contribution in [2.45, 2.75) is 18.9 Å². The van der Waals surface area contributed by atoms with E-state index < -0.39 is 0 Å². The second kappa shape index (κ2) is 4.53. The van der Waals surface area contributed by atoms with Crippen LogP contribution in [0, 0.1) is 0 Å². The maximum Gasteiger partial charge on any atom is 0.122 e. The van der Waals surface area contributed by atoms with E-state index >= 15 is 0 Å². The van der Waals surface area contributed by atoms with E-state index in [-0.39, 0.29) is 0 Å². The van der Waals surface area contributed by atoms with Crippen LogP contribution in [-0.2, 0) is 6.42 Å². The Morgan fingerprint density at radius 2 is 2.13 bits per heavy atom. The third kappa shape index (κ3) is 2.23. The Balaban J connectivity index is 2.16. The fraction of sp³-hybridized carbons (Fsp3) is 0.500. The Bertz CT molecular complexity index is 334. The maximum absolute atomic E-state index is 5.33. The third-order valence-electron chi connectivity index (χ3n) is 2.88. The van der Waals surface area contributed by atoms with Gasteiger partial charge in [-0.2, -0.15) is 0 Å². The Hall–Kier alpha value is -1.22. The van der Waals surface area contributed by atoms with E-state index in [4.69, 9.17) is 9.47 Å². The predicted octanol–water partition coefficient (Wildman–Crippen LogP) is 1.61. The topological polar surface area (TPSA) is 30.5 Å². The average Bonchev–Trinajstić information content (AvgIpc) is 2.23. The standard InChI is InChI=1S/C12H17NO2/c1-14-11-3-4-12(15-2)9(8-11)7-10-5-6-13-10/h3-4,8,10,13H,5-7H2,1-2H3. The zero-order valence-corrected chi connectivity index (χ0v) is 9.25. The molecule has 0 aliphatic carbocycles. The molecule has 15 heavy (non-hydrogen) atoms. The van der Waals surface area contributed by atoms with Gasteiger partial charge >= 0.3 is 0 Å². The number of methoxy groups -OCH3 is 2. The van der Waals surface area contributed by atoms with Crippen molar-refractivity contribution in [2.75, 3.05) is 20.8 Å². The lowest BCUT2D eigenvalue weighted by molar-refractivity contribution is 0.356. The molecule has 3 nitrogen and oxygen atoms in total. The summed E-state index contributed by atoms with van der Waals surface area (Å²) in [5.74, 6) is 1.84. The molecule has 1 saturated heterocycles. The molecule has 2 rings (SSSR count). The average molecular weight is 207 g/mol. The maximum atomic E-state index is 5.33. The molecule has 1 aromatic rings. The summed E-state index contributed by atoms with van der Waals surface area (Å²) >= 11 is 0. The highest BCUT2D eigenvalue weighted by Gasteiger charge is 2.18. The zero-order chi connectivity index (χ0) is 10.7. The molecular formula is C12H17NO2. The molecule has 1 N–H and O–H groups in total. The van der Waals surface area contributed by atoms with Crippen LogP contribution in [0.4, 0.5) is 0 Å². The number of hydrogen-bond acceptors (Lipinski definition) is 3. The summed E-state index contributed by atoms with van der Waals surface area (Å²) in [4.78, 5) is 0. The monoisotopic (exact) mass is 207 g/mol. The summed E-state index contributed by atoms with van der Waals surface area (Å²) in [7, 11) is 3.40. The van der Waals surface area contributed by atoms with Crippen LogP contribution in [0.1, 0.15) is 12.0 Å². The van der Waals surface area contributed by atoms with E-state index in [0.717, 1.165) is 24.5 Å². The van der Waals surface area contributed by atoms with Crippen LogP contribution in [0.25, 0.3) is 0 Å². The Kier molecular flexibility index (Phi) is 3.11. The first kappa shape index (κ1) is 10.3. The minimum Gasteiger partial charge on any atom is -0.497 e. The summed E-state index contributed by atoms with van der Waals surface area (Å²) in [5, 5.41) is 3.39. The lowest BCUT2D eigenvalue weighted by Crippen LogP contribution is -2.44. The van der Waals surface area contributed by atoms with E-state index in [9.17, 15) is 0 Å². The van der Waals surface area contributed by atoms with Crippen LogP contribution in [0.5, 0.6) is 11.5 Å². The molecule has 1 fully saturated rings. The summed E-state index contributed by atoms with van der Waals surface area (Å²) in [6.45, 7) is 1.14. The Labute approximate surface area is 90.4 Å². The van der Waals surface area contributed by atoms with E-state index in [1.54, 1.807) is 14.2 Å². The van der Waals surface area contributed by atoms with Crippen LogP contribution < -0.4 is 14.8 Å². The van der Waals surface area contributed by atoms with Crippen molar-refractivity contribution >= 4 is 0 Å². The van der Waals surface area contributed by atoms with Crippen molar-refractivity contribution in [2.24, 2.45) is 0 Å². The zero-order valence-electron chi connectivity index (χ0n) is 9.25. The Morgan fingerprint density at radius 1 is 1.33 bits per heavy atom. The summed E-state index contributed by atoms with van der Waals surface area (Å²) in [6.07, 6.45) is 2.26. The molecule has 0 amide bonds. The van der Waals surface area contributed by atoms with Crippen molar-refractivity contribution in [1.82, 2.24) is 5.32 Å². The molecule has 0 saturated carbocycles. The first-order valence-electron chi connectivity index (χ1n) is 5.28. The largest absolute Gasteiger partial charge is 0.497 e. The molecule has 82 valence electrons. The molecule has 0 spiro atoms. The first-order valence-corrected chi connectivity index (χ1v) is 5.28. The third-order valence-corrected chi connectivity index (χ3v) is 2.88. The van der Waals surface area contributed by atoms with E-state index in [1.807, 2.05) is 12.1 Å². The van der Waals surface area contributed by atoms with Gasteiger partial charge in [0, 0.05) is 6.04 Å². The normalized spacial score (nSPS) is 19.5. The summed E-state index contributed by atoms with van der Waals surface area (Å²) in [6, 6.07) is 6.55. The second-order valence-corrected chi connectivity index (χ2v) is 3.82. The molecule has 1 atom stereocenters. The quantitative estimate of drug-likeness (QED) is 0.813. The molecule has 1 aliphatic rings. The van der Waals surface area contributed by atoms with Crippen LogP contribution in [0.2, 0.25) is 0 Å². The molecular weight excluding hydrogens is 190 g/mol. The van der Waals surface area contributed by atoms with Crippen molar-refractivity contribution in [1.29, 1.82) is 0 Å². The molecule has 0 radical (unpaired) electrons. The van der Waals surface area contributed by atoms with E-state index in [2.05, 4.69) is 11.4 Å². The molecule has 1 unspecified atom stereocenters. The fourth-order valence-corrected chi connectivity index (χ4v) is 1.83. The van der Waals surface area contributed by atoms with Gasteiger partial charge in [0.1, 0.15) is 11.5 Å². The number of rotatable bonds is 4. The van der Waals surface area contributed by atoms with Gasteiger partial charge in [-0.25, -0.2) is 0 Å². The fourth-order valence-electron chi connectivity index (χ4n) is 1.83. The van der Waals surface area contributed by atoms with Gasteiger partial charge in [-0.05, 0) is 43.1 Å². The van der Waals surface area contributed by atoms with Crippen molar-refractivity contribution < 1.29 is 9.47 Å². The molecule has 1 aromatic carbocycles. The highest BCUT2D eigenvalue weighted by Crippen LogP contribution is 2.26. The molecule has 0 bridgehead atoms. The number of benzene rings is 1. The van der Waals surface area contributed by atoms with E-state index in [1.165, 1.54) is 12.0 Å².